The Kier molecular flexibility index (Phi) is 4.15. The Balaban J connectivity index is 2.54. The predicted molar refractivity (Wildman–Crippen MR) is 59.7 cm³/mol. The number of aliphatic hydroxyl groups excluding tert-OH is 1. The summed E-state index contributed by atoms with van der Waals surface area (Å²) in [5.41, 5.74) is -0.531. The molecule has 3 nitrogen and oxygen atoms in total. The predicted octanol–water partition coefficient (Wildman–Crippen LogP) is 2.47. The maximum Gasteiger partial charge on any atom is 0.164 e. The van der Waals surface area contributed by atoms with E-state index in [1.807, 2.05) is 20.8 Å². The molecule has 0 saturated carbocycles. The van der Waals surface area contributed by atoms with Crippen LogP contribution in [0.2, 0.25) is 0 Å². The molecule has 3 heteroatoms. The van der Waals surface area contributed by atoms with Crippen LogP contribution in [-0.4, -0.2) is 29.2 Å². The molecule has 1 aliphatic heterocycles. The SMILES string of the molecule is CCCCC[C@H]1OC(C)(C)O[C@]1(C)CO. The van der Waals surface area contributed by atoms with Gasteiger partial charge in [0.05, 0.1) is 12.7 Å². The van der Waals surface area contributed by atoms with Gasteiger partial charge in [0.1, 0.15) is 5.60 Å². The molecule has 0 aromatic rings. The van der Waals surface area contributed by atoms with Crippen molar-refractivity contribution >= 4 is 0 Å². The Morgan fingerprint density at radius 3 is 2.40 bits per heavy atom. The molecule has 0 unspecified atom stereocenters. The lowest BCUT2D eigenvalue weighted by Crippen LogP contribution is -2.40. The summed E-state index contributed by atoms with van der Waals surface area (Å²) in [6.45, 7) is 7.94. The van der Waals surface area contributed by atoms with Gasteiger partial charge >= 0.3 is 0 Å². The first-order valence-electron chi connectivity index (χ1n) is 5.92. The fourth-order valence-corrected chi connectivity index (χ4v) is 2.20. The molecule has 15 heavy (non-hydrogen) atoms. The highest BCUT2D eigenvalue weighted by Crippen LogP contribution is 2.38. The molecule has 1 saturated heterocycles. The molecule has 0 radical (unpaired) electrons. The highest BCUT2D eigenvalue weighted by Gasteiger charge is 2.49. The number of hydrogen-bond donors (Lipinski definition) is 1. The number of ether oxygens (including phenoxy) is 2. The summed E-state index contributed by atoms with van der Waals surface area (Å²) in [6.07, 6.45) is 4.53. The molecule has 0 amide bonds. The number of aliphatic hydroxyl groups is 1. The third kappa shape index (κ3) is 3.16. The van der Waals surface area contributed by atoms with Crippen molar-refractivity contribution < 1.29 is 14.6 Å². The van der Waals surface area contributed by atoms with Gasteiger partial charge in [0.2, 0.25) is 0 Å². The molecule has 1 aliphatic rings. The first-order chi connectivity index (χ1) is 6.93. The van der Waals surface area contributed by atoms with Crippen molar-refractivity contribution in [2.24, 2.45) is 0 Å². The summed E-state index contributed by atoms with van der Waals surface area (Å²) in [4.78, 5) is 0. The van der Waals surface area contributed by atoms with Crippen LogP contribution in [0, 0.1) is 0 Å². The van der Waals surface area contributed by atoms with E-state index in [0.29, 0.717) is 0 Å². The van der Waals surface area contributed by atoms with Crippen LogP contribution >= 0.6 is 0 Å². The zero-order valence-electron chi connectivity index (χ0n) is 10.4. The van der Waals surface area contributed by atoms with Gasteiger partial charge in [0, 0.05) is 0 Å². The van der Waals surface area contributed by atoms with E-state index in [4.69, 9.17) is 9.47 Å². The molecule has 1 rings (SSSR count). The Hall–Kier alpha value is -0.120. The summed E-state index contributed by atoms with van der Waals surface area (Å²) >= 11 is 0. The monoisotopic (exact) mass is 216 g/mol. The first-order valence-corrected chi connectivity index (χ1v) is 5.92. The van der Waals surface area contributed by atoms with E-state index in [0.717, 1.165) is 12.8 Å². The largest absolute Gasteiger partial charge is 0.393 e. The smallest absolute Gasteiger partial charge is 0.164 e. The standard InChI is InChI=1S/C12H24O3/c1-5-6-7-8-10-12(4,9-13)15-11(2,3)14-10/h10,13H,5-9H2,1-4H3/t10-,12-/m1/s1. The Labute approximate surface area is 92.8 Å². The molecule has 0 aromatic heterocycles. The number of hydrogen-bond acceptors (Lipinski definition) is 3. The van der Waals surface area contributed by atoms with E-state index >= 15 is 0 Å². The van der Waals surface area contributed by atoms with E-state index in [2.05, 4.69) is 6.92 Å². The lowest BCUT2D eigenvalue weighted by atomic mass is 9.95. The van der Waals surface area contributed by atoms with Gasteiger partial charge in [0.25, 0.3) is 0 Å². The fraction of sp³-hybridized carbons (Fsp3) is 1.00. The van der Waals surface area contributed by atoms with E-state index in [1.54, 1.807) is 0 Å². The van der Waals surface area contributed by atoms with Crippen molar-refractivity contribution in [3.8, 4) is 0 Å². The van der Waals surface area contributed by atoms with Gasteiger partial charge in [-0.1, -0.05) is 26.2 Å². The Morgan fingerprint density at radius 1 is 1.20 bits per heavy atom. The number of rotatable bonds is 5. The minimum atomic E-state index is -0.561. The van der Waals surface area contributed by atoms with E-state index in [9.17, 15) is 5.11 Å². The minimum absolute atomic E-state index is 0.0176. The highest BCUT2D eigenvalue weighted by atomic mass is 16.8. The molecular weight excluding hydrogens is 192 g/mol. The normalized spacial score (nSPS) is 34.6. The second kappa shape index (κ2) is 4.81. The van der Waals surface area contributed by atoms with Crippen LogP contribution in [0.4, 0.5) is 0 Å². The molecular formula is C12H24O3. The van der Waals surface area contributed by atoms with Crippen LogP contribution in [-0.2, 0) is 9.47 Å². The van der Waals surface area contributed by atoms with Gasteiger partial charge in [-0.2, -0.15) is 0 Å². The maximum absolute atomic E-state index is 9.38. The van der Waals surface area contributed by atoms with Gasteiger partial charge in [-0.15, -0.1) is 0 Å². The first kappa shape index (κ1) is 12.9. The van der Waals surface area contributed by atoms with Crippen LogP contribution in [0.3, 0.4) is 0 Å². The highest BCUT2D eigenvalue weighted by molar-refractivity contribution is 4.92. The van der Waals surface area contributed by atoms with Gasteiger partial charge in [-0.3, -0.25) is 0 Å². The molecule has 0 aromatic carbocycles. The molecule has 1 fully saturated rings. The van der Waals surface area contributed by atoms with Crippen LogP contribution in [0.15, 0.2) is 0 Å². The van der Waals surface area contributed by atoms with E-state index < -0.39 is 11.4 Å². The molecule has 2 atom stereocenters. The van der Waals surface area contributed by atoms with Crippen molar-refractivity contribution in [2.45, 2.75) is 70.9 Å². The van der Waals surface area contributed by atoms with Crippen molar-refractivity contribution in [3.05, 3.63) is 0 Å². The summed E-state index contributed by atoms with van der Waals surface area (Å²) in [6, 6.07) is 0. The van der Waals surface area contributed by atoms with Gasteiger partial charge in [-0.05, 0) is 27.2 Å². The zero-order chi connectivity index (χ0) is 11.5. The topological polar surface area (TPSA) is 38.7 Å². The molecule has 0 spiro atoms. The third-order valence-corrected chi connectivity index (χ3v) is 2.97. The van der Waals surface area contributed by atoms with Crippen LogP contribution in [0.1, 0.15) is 53.4 Å². The van der Waals surface area contributed by atoms with Gasteiger partial charge < -0.3 is 14.6 Å². The molecule has 0 bridgehead atoms. The van der Waals surface area contributed by atoms with Crippen molar-refractivity contribution in [3.63, 3.8) is 0 Å². The Bertz CT molecular complexity index is 203. The third-order valence-electron chi connectivity index (χ3n) is 2.97. The molecule has 90 valence electrons. The lowest BCUT2D eigenvalue weighted by Gasteiger charge is -2.26. The van der Waals surface area contributed by atoms with Crippen LogP contribution < -0.4 is 0 Å². The second-order valence-corrected chi connectivity index (χ2v) is 5.07. The molecule has 1 N–H and O–H groups in total. The summed E-state index contributed by atoms with van der Waals surface area (Å²) < 4.78 is 11.6. The van der Waals surface area contributed by atoms with E-state index in [-0.39, 0.29) is 12.7 Å². The van der Waals surface area contributed by atoms with Crippen molar-refractivity contribution in [1.82, 2.24) is 0 Å². The molecule has 1 heterocycles. The number of unbranched alkanes of at least 4 members (excludes halogenated alkanes) is 2. The zero-order valence-corrected chi connectivity index (χ0v) is 10.4. The Morgan fingerprint density at radius 2 is 1.87 bits per heavy atom. The van der Waals surface area contributed by atoms with Crippen LogP contribution in [0.5, 0.6) is 0 Å². The average Bonchev–Trinajstić information content (AvgIpc) is 2.38. The average molecular weight is 216 g/mol. The van der Waals surface area contributed by atoms with Crippen LogP contribution in [0.25, 0.3) is 0 Å². The minimum Gasteiger partial charge on any atom is -0.393 e. The summed E-state index contributed by atoms with van der Waals surface area (Å²) in [7, 11) is 0. The van der Waals surface area contributed by atoms with Gasteiger partial charge in [0.15, 0.2) is 5.79 Å². The van der Waals surface area contributed by atoms with Crippen molar-refractivity contribution in [1.29, 1.82) is 0 Å². The van der Waals surface area contributed by atoms with Gasteiger partial charge in [-0.25, -0.2) is 0 Å². The quantitative estimate of drug-likeness (QED) is 0.717. The second-order valence-electron chi connectivity index (χ2n) is 5.07. The summed E-state index contributed by atoms with van der Waals surface area (Å²) in [5, 5.41) is 9.38. The lowest BCUT2D eigenvalue weighted by molar-refractivity contribution is -0.166. The fourth-order valence-electron chi connectivity index (χ4n) is 2.20. The molecule has 0 aliphatic carbocycles. The maximum atomic E-state index is 9.38. The summed E-state index contributed by atoms with van der Waals surface area (Å²) in [5.74, 6) is -0.561. The van der Waals surface area contributed by atoms with E-state index in [1.165, 1.54) is 12.8 Å². The van der Waals surface area contributed by atoms with Crippen molar-refractivity contribution in [2.75, 3.05) is 6.61 Å².